The maximum atomic E-state index is 2.35. The highest BCUT2D eigenvalue weighted by molar-refractivity contribution is 4.97. The molecule has 2 unspecified atom stereocenters. The van der Waals surface area contributed by atoms with Gasteiger partial charge in [0, 0.05) is 0 Å². The molecule has 2 aliphatic rings. The average Bonchev–Trinajstić information content (AvgIpc) is 3.12. The summed E-state index contributed by atoms with van der Waals surface area (Å²) >= 11 is 0. The summed E-state index contributed by atoms with van der Waals surface area (Å²) in [7, 11) is 0. The van der Waals surface area contributed by atoms with E-state index >= 15 is 0 Å². The zero-order chi connectivity index (χ0) is 14.1. The van der Waals surface area contributed by atoms with E-state index < -0.39 is 0 Å². The minimum absolute atomic E-state index is 0. The van der Waals surface area contributed by atoms with Crippen molar-refractivity contribution in [3.05, 3.63) is 0 Å². The molecule has 0 aromatic carbocycles. The lowest BCUT2D eigenvalue weighted by molar-refractivity contribution is 0.260. The molecule has 2 aliphatic carbocycles. The van der Waals surface area contributed by atoms with Crippen molar-refractivity contribution in [2.45, 2.75) is 89.5 Å². The molecule has 0 aliphatic heterocycles. The van der Waals surface area contributed by atoms with Crippen LogP contribution in [0.25, 0.3) is 0 Å². The Labute approximate surface area is 131 Å². The highest BCUT2D eigenvalue weighted by Crippen LogP contribution is 2.57. The predicted molar refractivity (Wildman–Crippen MR) is 96.1 cm³/mol. The van der Waals surface area contributed by atoms with Gasteiger partial charge < -0.3 is 0 Å². The molecular weight excluding hydrogens is 240 g/mol. The van der Waals surface area contributed by atoms with Gasteiger partial charge in [-0.15, -0.1) is 0 Å². The van der Waals surface area contributed by atoms with Gasteiger partial charge in [-0.05, 0) is 60.2 Å². The molecule has 2 fully saturated rings. The van der Waals surface area contributed by atoms with Crippen LogP contribution in [0.15, 0.2) is 0 Å². The Kier molecular flexibility index (Phi) is 9.41. The number of rotatable bonds is 4. The van der Waals surface area contributed by atoms with Gasteiger partial charge in [0.2, 0.25) is 0 Å². The average molecular weight is 285 g/mol. The van der Waals surface area contributed by atoms with Crippen LogP contribution in [0.3, 0.4) is 0 Å². The van der Waals surface area contributed by atoms with E-state index in [0.29, 0.717) is 0 Å². The summed E-state index contributed by atoms with van der Waals surface area (Å²) in [5.41, 5.74) is 0.750. The van der Waals surface area contributed by atoms with E-state index in [1.807, 2.05) is 0 Å². The normalized spacial score (nSPS) is 25.8. The van der Waals surface area contributed by atoms with Crippen LogP contribution in [0.4, 0.5) is 0 Å². The zero-order valence-corrected chi connectivity index (χ0v) is 14.1. The summed E-state index contributed by atoms with van der Waals surface area (Å²) in [5.74, 6) is 5.78. The van der Waals surface area contributed by atoms with E-state index in [1.165, 1.54) is 19.3 Å². The minimum atomic E-state index is 0. The second kappa shape index (κ2) is 8.44. The van der Waals surface area contributed by atoms with Crippen LogP contribution >= 0.6 is 0 Å². The molecule has 0 radical (unpaired) electrons. The van der Waals surface area contributed by atoms with Gasteiger partial charge in [-0.2, -0.15) is 0 Å². The van der Waals surface area contributed by atoms with Gasteiger partial charge in [-0.25, -0.2) is 0 Å². The summed E-state index contributed by atoms with van der Waals surface area (Å²) in [5, 5.41) is 0. The fraction of sp³-hybridized carbons (Fsp3) is 1.00. The zero-order valence-electron chi connectivity index (χ0n) is 14.1. The fourth-order valence-corrected chi connectivity index (χ4v) is 3.73. The largest absolute Gasteiger partial charge is 0.0776 e. The molecule has 0 saturated heterocycles. The maximum Gasteiger partial charge on any atom is -0.0251 e. The van der Waals surface area contributed by atoms with E-state index in [0.717, 1.165) is 40.9 Å². The van der Waals surface area contributed by atoms with Crippen molar-refractivity contribution in [3.63, 3.8) is 0 Å². The first-order chi connectivity index (χ1) is 8.22. The van der Waals surface area contributed by atoms with E-state index in [-0.39, 0.29) is 14.9 Å². The summed E-state index contributed by atoms with van der Waals surface area (Å²) in [4.78, 5) is 0. The third-order valence-corrected chi connectivity index (χ3v) is 5.73. The summed E-state index contributed by atoms with van der Waals surface area (Å²) in [6, 6.07) is 0. The van der Waals surface area contributed by atoms with E-state index in [1.54, 1.807) is 0 Å². The molecule has 0 N–H and O–H groups in total. The van der Waals surface area contributed by atoms with Crippen molar-refractivity contribution in [3.8, 4) is 0 Å². The van der Waals surface area contributed by atoms with Crippen molar-refractivity contribution in [2.24, 2.45) is 40.9 Å². The van der Waals surface area contributed by atoms with Crippen LogP contribution in [0.5, 0.6) is 0 Å². The fourth-order valence-electron chi connectivity index (χ4n) is 3.73. The second-order valence-electron chi connectivity index (χ2n) is 8.09. The molecule has 0 spiro atoms. The van der Waals surface area contributed by atoms with Crippen molar-refractivity contribution < 1.29 is 0 Å². The minimum Gasteiger partial charge on any atom is -0.0776 e. The maximum absolute atomic E-state index is 2.35. The molecule has 0 bridgehead atoms. The molecule has 2 rings (SSSR count). The molecule has 124 valence electrons. The Morgan fingerprint density at radius 1 is 0.650 bits per heavy atom. The van der Waals surface area contributed by atoms with Gasteiger partial charge in [-0.3, -0.25) is 0 Å². The lowest BCUT2D eigenvalue weighted by Crippen LogP contribution is -2.16. The predicted octanol–water partition coefficient (Wildman–Crippen LogP) is 7.29. The van der Waals surface area contributed by atoms with E-state index in [9.17, 15) is 0 Å². The SMILES string of the molecule is C.C.CC(C)C1(C(C)C)CC1.CC(C)C1CC1C(C)C. The highest BCUT2D eigenvalue weighted by Gasteiger charge is 2.47. The van der Waals surface area contributed by atoms with E-state index in [4.69, 9.17) is 0 Å². The molecule has 0 heterocycles. The number of hydrogen-bond acceptors (Lipinski definition) is 0. The van der Waals surface area contributed by atoms with Crippen LogP contribution in [-0.2, 0) is 0 Å². The lowest BCUT2D eigenvalue weighted by Gasteiger charge is -2.23. The summed E-state index contributed by atoms with van der Waals surface area (Å²) < 4.78 is 0. The van der Waals surface area contributed by atoms with Crippen molar-refractivity contribution >= 4 is 0 Å². The third kappa shape index (κ3) is 5.41. The molecule has 20 heavy (non-hydrogen) atoms. The first-order valence-corrected chi connectivity index (χ1v) is 8.22. The standard InChI is InChI=1S/2C9H18.2CH4/c1-7(2)9(5-6-9)8(3)4;1-6(2)8-5-9(8)7(3)4;;/h7-8H,5-6H2,1-4H3;6-9H,5H2,1-4H3;2*1H4. The topological polar surface area (TPSA) is 0 Å². The van der Waals surface area contributed by atoms with Crippen molar-refractivity contribution in [1.29, 1.82) is 0 Å². The first kappa shape index (κ1) is 22.3. The van der Waals surface area contributed by atoms with Crippen molar-refractivity contribution in [2.75, 3.05) is 0 Å². The molecule has 0 heteroatoms. The van der Waals surface area contributed by atoms with Crippen LogP contribution in [0, 0.1) is 40.9 Å². The Morgan fingerprint density at radius 3 is 1.00 bits per heavy atom. The molecule has 0 aromatic heterocycles. The van der Waals surface area contributed by atoms with Crippen LogP contribution in [0.1, 0.15) is 89.5 Å². The Bertz CT molecular complexity index is 221. The van der Waals surface area contributed by atoms with Gasteiger partial charge in [-0.1, -0.05) is 70.2 Å². The van der Waals surface area contributed by atoms with E-state index in [2.05, 4.69) is 55.4 Å². The lowest BCUT2D eigenvalue weighted by atomic mass is 9.82. The smallest absolute Gasteiger partial charge is 0.0251 e. The van der Waals surface area contributed by atoms with Gasteiger partial charge in [0.1, 0.15) is 0 Å². The van der Waals surface area contributed by atoms with Gasteiger partial charge in [0.05, 0.1) is 0 Å². The second-order valence-corrected chi connectivity index (χ2v) is 8.09. The first-order valence-electron chi connectivity index (χ1n) is 8.22. The van der Waals surface area contributed by atoms with Crippen molar-refractivity contribution in [1.82, 2.24) is 0 Å². The molecule has 2 saturated carbocycles. The third-order valence-electron chi connectivity index (χ3n) is 5.73. The van der Waals surface area contributed by atoms with Crippen LogP contribution in [-0.4, -0.2) is 0 Å². The highest BCUT2D eigenvalue weighted by atomic mass is 14.5. The molecule has 0 amide bonds. The van der Waals surface area contributed by atoms with Gasteiger partial charge in [0.25, 0.3) is 0 Å². The van der Waals surface area contributed by atoms with Crippen LogP contribution in [0.2, 0.25) is 0 Å². The summed E-state index contributed by atoms with van der Waals surface area (Å²) in [6.45, 7) is 18.8. The van der Waals surface area contributed by atoms with Crippen LogP contribution < -0.4 is 0 Å². The monoisotopic (exact) mass is 284 g/mol. The molecule has 0 nitrogen and oxygen atoms in total. The number of hydrogen-bond donors (Lipinski definition) is 0. The Hall–Kier alpha value is 0. The molecule has 2 atom stereocenters. The Balaban J connectivity index is 0. The van der Waals surface area contributed by atoms with Gasteiger partial charge >= 0.3 is 0 Å². The quantitative estimate of drug-likeness (QED) is 0.508. The Morgan fingerprint density at radius 2 is 0.950 bits per heavy atom. The van der Waals surface area contributed by atoms with Gasteiger partial charge in [0.15, 0.2) is 0 Å². The summed E-state index contributed by atoms with van der Waals surface area (Å²) in [6.07, 6.45) is 4.44. The molecular formula is C20H44. The molecule has 0 aromatic rings.